The van der Waals surface area contributed by atoms with Gasteiger partial charge in [0.1, 0.15) is 0 Å². The molecule has 0 radical (unpaired) electrons. The van der Waals surface area contributed by atoms with Crippen molar-refractivity contribution in [3.05, 3.63) is 11.1 Å². The van der Waals surface area contributed by atoms with E-state index >= 15 is 0 Å². The second kappa shape index (κ2) is 7.34. The molecule has 2 saturated carbocycles. The summed E-state index contributed by atoms with van der Waals surface area (Å²) in [6.07, 6.45) is 8.92. The molecular formula is C21H35N3O2. The minimum atomic E-state index is 0.0529. The summed E-state index contributed by atoms with van der Waals surface area (Å²) in [5.74, 6) is 1.76. The summed E-state index contributed by atoms with van der Waals surface area (Å²) >= 11 is 0. The Labute approximate surface area is 157 Å². The van der Waals surface area contributed by atoms with Crippen molar-refractivity contribution in [3.8, 4) is 0 Å². The van der Waals surface area contributed by atoms with Crippen LogP contribution in [0.3, 0.4) is 0 Å². The van der Waals surface area contributed by atoms with Crippen molar-refractivity contribution >= 4 is 11.7 Å². The second-order valence-electron chi connectivity index (χ2n) is 9.05. The van der Waals surface area contributed by atoms with Gasteiger partial charge in [-0.3, -0.25) is 9.79 Å². The molecule has 5 N–H and O–H groups in total. The molecule has 1 spiro atoms. The van der Waals surface area contributed by atoms with Crippen LogP contribution in [0, 0.1) is 22.7 Å². The normalized spacial score (nSPS) is 32.0. The zero-order valence-electron chi connectivity index (χ0n) is 16.4. The first kappa shape index (κ1) is 19.4. The number of aliphatic imine (C=N–C) groups is 1. The number of ketones is 1. The highest BCUT2D eigenvalue weighted by atomic mass is 16.2. The van der Waals surface area contributed by atoms with Crippen molar-refractivity contribution < 1.29 is 9.90 Å². The molecule has 5 heteroatoms. The molecule has 0 saturated heterocycles. The third kappa shape index (κ3) is 2.98. The van der Waals surface area contributed by atoms with E-state index in [0.717, 1.165) is 44.1 Å². The number of unbranched alkanes of at least 4 members (excludes halogenated alkanes) is 1. The van der Waals surface area contributed by atoms with Crippen LogP contribution < -0.4 is 11.5 Å². The first-order valence-electron chi connectivity index (χ1n) is 10.3. The van der Waals surface area contributed by atoms with Gasteiger partial charge in [-0.25, -0.2) is 0 Å². The smallest absolute Gasteiger partial charge is 0.185 e. The number of nitrogens with zero attached hydrogens (tertiary/aromatic N) is 1. The fraction of sp³-hybridized carbons (Fsp3) is 0.810. The lowest BCUT2D eigenvalue weighted by Gasteiger charge is -2.52. The van der Waals surface area contributed by atoms with E-state index in [4.69, 9.17) is 11.5 Å². The zero-order chi connectivity index (χ0) is 18.9. The van der Waals surface area contributed by atoms with Gasteiger partial charge in [0.05, 0.1) is 0 Å². The van der Waals surface area contributed by atoms with Gasteiger partial charge in [-0.15, -0.1) is 0 Å². The van der Waals surface area contributed by atoms with Gasteiger partial charge in [0, 0.05) is 25.0 Å². The van der Waals surface area contributed by atoms with Crippen molar-refractivity contribution in [1.29, 1.82) is 0 Å². The molecule has 0 aliphatic heterocycles. The van der Waals surface area contributed by atoms with Crippen LogP contribution in [0.1, 0.15) is 71.6 Å². The average Bonchev–Trinajstić information content (AvgIpc) is 2.88. The van der Waals surface area contributed by atoms with Crippen molar-refractivity contribution in [1.82, 2.24) is 0 Å². The Morgan fingerprint density at radius 1 is 1.23 bits per heavy atom. The Morgan fingerprint density at radius 2 is 2.00 bits per heavy atom. The number of rotatable bonds is 8. The summed E-state index contributed by atoms with van der Waals surface area (Å²) in [7, 11) is 0. The molecule has 3 unspecified atom stereocenters. The van der Waals surface area contributed by atoms with Crippen LogP contribution >= 0.6 is 0 Å². The van der Waals surface area contributed by atoms with Crippen molar-refractivity contribution in [2.45, 2.75) is 71.6 Å². The van der Waals surface area contributed by atoms with Gasteiger partial charge in [-0.1, -0.05) is 19.4 Å². The van der Waals surface area contributed by atoms with Gasteiger partial charge in [0.25, 0.3) is 0 Å². The van der Waals surface area contributed by atoms with Crippen LogP contribution in [0.2, 0.25) is 0 Å². The molecule has 3 atom stereocenters. The molecular weight excluding hydrogens is 326 g/mol. The predicted molar refractivity (Wildman–Crippen MR) is 105 cm³/mol. The number of aliphatic hydroxyl groups excluding tert-OH is 1. The summed E-state index contributed by atoms with van der Waals surface area (Å²) < 4.78 is 0. The van der Waals surface area contributed by atoms with Crippen molar-refractivity contribution in [2.24, 2.45) is 39.1 Å². The first-order chi connectivity index (χ1) is 12.3. The highest BCUT2D eigenvalue weighted by molar-refractivity contribution is 6.00. The number of hydrogen-bond acceptors (Lipinski definition) is 3. The summed E-state index contributed by atoms with van der Waals surface area (Å²) in [6, 6.07) is 0. The van der Waals surface area contributed by atoms with E-state index in [1.54, 1.807) is 0 Å². The van der Waals surface area contributed by atoms with Crippen molar-refractivity contribution in [2.75, 3.05) is 13.2 Å². The Kier molecular flexibility index (Phi) is 5.48. The Morgan fingerprint density at radius 3 is 2.69 bits per heavy atom. The predicted octanol–water partition coefficient (Wildman–Crippen LogP) is 2.91. The number of aliphatic hydroxyl groups is 1. The van der Waals surface area contributed by atoms with Crippen LogP contribution in [0.4, 0.5) is 0 Å². The molecule has 3 aliphatic rings. The van der Waals surface area contributed by atoms with Crippen LogP contribution in [-0.2, 0) is 4.79 Å². The Hall–Kier alpha value is -1.36. The van der Waals surface area contributed by atoms with Gasteiger partial charge < -0.3 is 16.6 Å². The fourth-order valence-corrected chi connectivity index (χ4v) is 6.36. The molecule has 146 valence electrons. The minimum Gasteiger partial charge on any atom is -0.396 e. The highest BCUT2D eigenvalue weighted by Crippen LogP contribution is 2.73. The van der Waals surface area contributed by atoms with E-state index in [2.05, 4.69) is 18.8 Å². The van der Waals surface area contributed by atoms with E-state index in [-0.39, 0.29) is 23.4 Å². The largest absolute Gasteiger partial charge is 0.396 e. The zero-order valence-corrected chi connectivity index (χ0v) is 16.4. The fourth-order valence-electron chi connectivity index (χ4n) is 6.36. The van der Waals surface area contributed by atoms with Gasteiger partial charge in [0.2, 0.25) is 0 Å². The van der Waals surface area contributed by atoms with Gasteiger partial charge in [0.15, 0.2) is 11.7 Å². The van der Waals surface area contributed by atoms with Gasteiger partial charge in [-0.05, 0) is 74.2 Å². The standard InChI is InChI=1S/C21H35N3O2/c1-20(2)15-9-8-14(6-5-11-25)21(20)13-18(26)16(17(21)12-15)7-3-4-10-24-19(22)23/h14-15,25H,3-13H2,1-2H3,(H4,22,23,24). The highest BCUT2D eigenvalue weighted by Gasteiger charge is 2.66. The number of hydrogen-bond donors (Lipinski definition) is 3. The lowest BCUT2D eigenvalue weighted by Crippen LogP contribution is -2.46. The van der Waals surface area contributed by atoms with Gasteiger partial charge in [-0.2, -0.15) is 0 Å². The maximum absolute atomic E-state index is 13.0. The van der Waals surface area contributed by atoms with E-state index in [0.29, 0.717) is 30.6 Å². The topological polar surface area (TPSA) is 102 Å². The summed E-state index contributed by atoms with van der Waals surface area (Å²) in [4.78, 5) is 17.0. The third-order valence-corrected chi connectivity index (χ3v) is 7.70. The molecule has 0 aromatic heterocycles. The number of carbonyl (C=O) groups is 1. The first-order valence-corrected chi connectivity index (χ1v) is 10.3. The van der Waals surface area contributed by atoms with Crippen LogP contribution in [-0.4, -0.2) is 30.0 Å². The quantitative estimate of drug-likeness (QED) is 0.351. The molecule has 2 bridgehead atoms. The summed E-state index contributed by atoms with van der Waals surface area (Å²) in [6.45, 7) is 5.67. The number of fused-ring (bicyclic) bond motifs is 1. The number of nitrogens with two attached hydrogens (primary N) is 2. The van der Waals surface area contributed by atoms with E-state index < -0.39 is 0 Å². The van der Waals surface area contributed by atoms with E-state index in [1.807, 2.05) is 0 Å². The number of guanidine groups is 1. The molecule has 0 heterocycles. The van der Waals surface area contributed by atoms with Crippen LogP contribution in [0.5, 0.6) is 0 Å². The van der Waals surface area contributed by atoms with Crippen LogP contribution in [0.25, 0.3) is 0 Å². The molecule has 5 nitrogen and oxygen atoms in total. The van der Waals surface area contributed by atoms with E-state index in [9.17, 15) is 9.90 Å². The van der Waals surface area contributed by atoms with E-state index in [1.165, 1.54) is 18.4 Å². The van der Waals surface area contributed by atoms with Gasteiger partial charge >= 0.3 is 0 Å². The molecule has 26 heavy (non-hydrogen) atoms. The number of allylic oxidation sites excluding steroid dienone is 2. The number of carbonyl (C=O) groups excluding carboxylic acids is 1. The number of Topliss-reactive ketones (excluding diaryl/α,β-unsaturated/α-hetero) is 1. The Balaban J connectivity index is 1.82. The maximum atomic E-state index is 13.0. The molecule has 0 aromatic carbocycles. The van der Waals surface area contributed by atoms with Crippen molar-refractivity contribution in [3.63, 3.8) is 0 Å². The Bertz CT molecular complexity index is 619. The van der Waals surface area contributed by atoms with Crippen LogP contribution in [0.15, 0.2) is 16.1 Å². The second-order valence-corrected chi connectivity index (χ2v) is 9.05. The minimum absolute atomic E-state index is 0.0529. The average molecular weight is 362 g/mol. The molecule has 2 fully saturated rings. The SMILES string of the molecule is CC1(C)C2CCC(CCCO)C13CC(=O)C(CCCCN=C(N)N)=C3C2. The monoisotopic (exact) mass is 361 g/mol. The molecule has 3 aliphatic carbocycles. The molecule has 0 amide bonds. The summed E-state index contributed by atoms with van der Waals surface area (Å²) in [5, 5.41) is 9.34. The summed E-state index contributed by atoms with van der Waals surface area (Å²) in [5.41, 5.74) is 13.6. The molecule has 0 aromatic rings. The lowest BCUT2D eigenvalue weighted by molar-refractivity contribution is -0.120. The molecule has 3 rings (SSSR count). The maximum Gasteiger partial charge on any atom is 0.185 e. The lowest BCUT2D eigenvalue weighted by atomic mass is 9.51. The third-order valence-electron chi connectivity index (χ3n) is 7.70.